The number of carbonyl (C=O) groups excluding carboxylic acids is 1. The first kappa shape index (κ1) is 32.8. The summed E-state index contributed by atoms with van der Waals surface area (Å²) >= 11 is 2.15. The molecular formula is C36H64O3S. The fourth-order valence-corrected chi connectivity index (χ4v) is 10.9. The first-order valence-corrected chi connectivity index (χ1v) is 18.9. The Kier molecular flexibility index (Phi) is 13.2. The van der Waals surface area contributed by atoms with Gasteiger partial charge in [0, 0.05) is 19.4 Å². The van der Waals surface area contributed by atoms with E-state index in [-0.39, 0.29) is 23.0 Å². The lowest BCUT2D eigenvalue weighted by atomic mass is 9.44. The van der Waals surface area contributed by atoms with Crippen molar-refractivity contribution in [1.29, 1.82) is 0 Å². The molecule has 0 amide bonds. The van der Waals surface area contributed by atoms with Gasteiger partial charge in [-0.25, -0.2) is 0 Å². The summed E-state index contributed by atoms with van der Waals surface area (Å²) in [5, 5.41) is 11.0. The number of Topliss-reactive ketones (excluding diaryl/α,β-unsaturated/α-hetero) is 1. The van der Waals surface area contributed by atoms with Crippen LogP contribution in [-0.2, 0) is 9.53 Å². The van der Waals surface area contributed by atoms with Crippen molar-refractivity contribution in [3.05, 3.63) is 0 Å². The zero-order valence-corrected chi connectivity index (χ0v) is 27.4. The molecule has 0 aromatic carbocycles. The summed E-state index contributed by atoms with van der Waals surface area (Å²) in [5.74, 6) is 5.64. The molecule has 3 nitrogen and oxygen atoms in total. The predicted octanol–water partition coefficient (Wildman–Crippen LogP) is 9.78. The Balaban J connectivity index is 1.12. The Morgan fingerprint density at radius 1 is 0.825 bits per heavy atom. The second-order valence-electron chi connectivity index (χ2n) is 14.9. The third kappa shape index (κ3) is 8.10. The molecule has 1 N–H and O–H groups in total. The number of rotatable bonds is 18. The maximum absolute atomic E-state index is 12.4. The van der Waals surface area contributed by atoms with Crippen LogP contribution in [-0.4, -0.2) is 41.2 Å². The van der Waals surface area contributed by atoms with Gasteiger partial charge in [-0.2, -0.15) is 11.8 Å². The molecular weight excluding hydrogens is 512 g/mol. The van der Waals surface area contributed by atoms with Crippen molar-refractivity contribution in [3.63, 3.8) is 0 Å². The zero-order valence-electron chi connectivity index (χ0n) is 26.6. The molecule has 0 saturated heterocycles. The van der Waals surface area contributed by atoms with E-state index in [1.807, 2.05) is 0 Å². The molecule has 0 aliphatic heterocycles. The standard InChI is InChI=1S/C36H64O3S/c1-4-5-24-40-25-16-14-12-10-8-6-7-9-11-13-15-23-39-32-27-36(3)31(19-20-33(36)38)30-18-17-28-26-29(37)21-22-35(28,2)34(30)32/h28,30-34,38H,4-27H2,1-3H3. The Morgan fingerprint density at radius 3 is 2.17 bits per heavy atom. The average molecular weight is 577 g/mol. The number of carbonyl (C=O) groups is 1. The van der Waals surface area contributed by atoms with Gasteiger partial charge in [0.15, 0.2) is 0 Å². The summed E-state index contributed by atoms with van der Waals surface area (Å²) in [6.45, 7) is 8.04. The molecule has 4 aliphatic carbocycles. The normalized spacial score (nSPS) is 37.2. The van der Waals surface area contributed by atoms with Gasteiger partial charge in [0.2, 0.25) is 0 Å². The summed E-state index contributed by atoms with van der Waals surface area (Å²) < 4.78 is 6.84. The number of aliphatic hydroxyl groups excluding tert-OH is 1. The van der Waals surface area contributed by atoms with E-state index >= 15 is 0 Å². The Hall–Kier alpha value is -0.0600. The molecule has 8 unspecified atom stereocenters. The van der Waals surface area contributed by atoms with Crippen molar-refractivity contribution >= 4 is 17.5 Å². The number of aliphatic hydroxyl groups is 1. The highest BCUT2D eigenvalue weighted by atomic mass is 32.2. The van der Waals surface area contributed by atoms with Gasteiger partial charge in [-0.3, -0.25) is 4.79 Å². The van der Waals surface area contributed by atoms with Crippen molar-refractivity contribution in [2.45, 2.75) is 168 Å². The number of hydrogen-bond acceptors (Lipinski definition) is 4. The lowest BCUT2D eigenvalue weighted by molar-refractivity contribution is -0.192. The van der Waals surface area contributed by atoms with E-state index in [0.717, 1.165) is 38.7 Å². The van der Waals surface area contributed by atoms with E-state index in [4.69, 9.17) is 4.74 Å². The van der Waals surface area contributed by atoms with Crippen molar-refractivity contribution in [3.8, 4) is 0 Å². The molecule has 8 atom stereocenters. The zero-order chi connectivity index (χ0) is 28.4. The quantitative estimate of drug-likeness (QED) is 0.165. The molecule has 0 radical (unpaired) electrons. The molecule has 4 heteroatoms. The molecule has 0 aromatic rings. The molecule has 4 rings (SSSR count). The van der Waals surface area contributed by atoms with Gasteiger partial charge in [-0.05, 0) is 104 Å². The number of fused-ring (bicyclic) bond motifs is 5. The first-order chi connectivity index (χ1) is 19.4. The third-order valence-corrected chi connectivity index (χ3v) is 13.4. The largest absolute Gasteiger partial charge is 0.393 e. The van der Waals surface area contributed by atoms with E-state index < -0.39 is 0 Å². The summed E-state index contributed by atoms with van der Waals surface area (Å²) in [6, 6.07) is 0. The van der Waals surface area contributed by atoms with Gasteiger partial charge in [0.05, 0.1) is 12.2 Å². The molecule has 0 spiro atoms. The number of thioether (sulfide) groups is 1. The van der Waals surface area contributed by atoms with Gasteiger partial charge >= 0.3 is 0 Å². The highest BCUT2D eigenvalue weighted by Gasteiger charge is 2.63. The Morgan fingerprint density at radius 2 is 1.48 bits per heavy atom. The molecule has 0 aromatic heterocycles. The smallest absolute Gasteiger partial charge is 0.133 e. The van der Waals surface area contributed by atoms with Crippen LogP contribution in [0.15, 0.2) is 0 Å². The molecule has 0 bridgehead atoms. The van der Waals surface area contributed by atoms with Gasteiger partial charge in [-0.1, -0.05) is 85.0 Å². The van der Waals surface area contributed by atoms with Crippen LogP contribution in [0.3, 0.4) is 0 Å². The van der Waals surface area contributed by atoms with E-state index in [1.165, 1.54) is 114 Å². The van der Waals surface area contributed by atoms with Crippen molar-refractivity contribution < 1.29 is 14.6 Å². The molecule has 40 heavy (non-hydrogen) atoms. The van der Waals surface area contributed by atoms with Crippen molar-refractivity contribution in [2.24, 2.45) is 34.5 Å². The monoisotopic (exact) mass is 576 g/mol. The average Bonchev–Trinajstić information content (AvgIpc) is 3.24. The van der Waals surface area contributed by atoms with Crippen LogP contribution in [0, 0.1) is 34.5 Å². The van der Waals surface area contributed by atoms with Crippen LogP contribution in [0.4, 0.5) is 0 Å². The van der Waals surface area contributed by atoms with E-state index in [9.17, 15) is 9.90 Å². The van der Waals surface area contributed by atoms with E-state index in [2.05, 4.69) is 32.5 Å². The second kappa shape index (κ2) is 16.1. The topological polar surface area (TPSA) is 46.5 Å². The van der Waals surface area contributed by atoms with Gasteiger partial charge in [0.25, 0.3) is 0 Å². The molecule has 4 saturated carbocycles. The predicted molar refractivity (Wildman–Crippen MR) is 171 cm³/mol. The summed E-state index contributed by atoms with van der Waals surface area (Å²) in [7, 11) is 0. The van der Waals surface area contributed by atoms with Gasteiger partial charge < -0.3 is 9.84 Å². The van der Waals surface area contributed by atoms with Crippen molar-refractivity contribution in [1.82, 2.24) is 0 Å². The highest BCUT2D eigenvalue weighted by Crippen LogP contribution is 2.66. The SMILES string of the molecule is CCCCSCCCCCCCCCCCCCOC1CC2(C)C(O)CCC2C2CCC3CC(=O)CCC3(C)C12. The first-order valence-electron chi connectivity index (χ1n) is 17.8. The summed E-state index contributed by atoms with van der Waals surface area (Å²) in [6.07, 6.45) is 26.2. The van der Waals surface area contributed by atoms with Crippen LogP contribution >= 0.6 is 11.8 Å². The number of ketones is 1. The lowest BCUT2D eigenvalue weighted by Gasteiger charge is -2.62. The van der Waals surface area contributed by atoms with Crippen LogP contribution in [0.1, 0.15) is 156 Å². The summed E-state index contributed by atoms with van der Waals surface area (Å²) in [5.41, 5.74) is 0.261. The van der Waals surface area contributed by atoms with Crippen LogP contribution in [0.5, 0.6) is 0 Å². The third-order valence-electron chi connectivity index (χ3n) is 12.2. The second-order valence-corrected chi connectivity index (χ2v) is 16.1. The minimum absolute atomic E-state index is 0.0209. The van der Waals surface area contributed by atoms with Gasteiger partial charge in [0.1, 0.15) is 5.78 Å². The number of ether oxygens (including phenoxy) is 1. The van der Waals surface area contributed by atoms with Crippen molar-refractivity contribution in [2.75, 3.05) is 18.1 Å². The molecule has 4 fully saturated rings. The molecule has 4 aliphatic rings. The van der Waals surface area contributed by atoms with Gasteiger partial charge in [-0.15, -0.1) is 0 Å². The fraction of sp³-hybridized carbons (Fsp3) is 0.972. The Labute approximate surface area is 252 Å². The van der Waals surface area contributed by atoms with Crippen LogP contribution in [0.2, 0.25) is 0 Å². The Bertz CT molecular complexity index is 756. The van der Waals surface area contributed by atoms with Crippen LogP contribution < -0.4 is 0 Å². The molecule has 232 valence electrons. The maximum atomic E-state index is 12.4. The van der Waals surface area contributed by atoms with E-state index in [0.29, 0.717) is 29.5 Å². The maximum Gasteiger partial charge on any atom is 0.133 e. The number of unbranched alkanes of at least 4 members (excludes halogenated alkanes) is 11. The lowest BCUT2D eigenvalue weighted by Crippen LogP contribution is -2.60. The van der Waals surface area contributed by atoms with E-state index in [1.54, 1.807) is 0 Å². The summed E-state index contributed by atoms with van der Waals surface area (Å²) in [4.78, 5) is 12.4. The minimum Gasteiger partial charge on any atom is -0.393 e. The van der Waals surface area contributed by atoms with Crippen LogP contribution in [0.25, 0.3) is 0 Å². The highest BCUT2D eigenvalue weighted by molar-refractivity contribution is 7.99. The molecule has 0 heterocycles. The minimum atomic E-state index is -0.169. The number of hydrogen-bond donors (Lipinski definition) is 1. The fourth-order valence-electron chi connectivity index (χ4n) is 9.75.